The van der Waals surface area contributed by atoms with Crippen LogP contribution in [0, 0.1) is 11.6 Å². The summed E-state index contributed by atoms with van der Waals surface area (Å²) in [6.07, 6.45) is 0.419. The molecule has 0 aromatic heterocycles. The molecule has 1 aliphatic rings. The van der Waals surface area contributed by atoms with Gasteiger partial charge in [-0.05, 0) is 31.2 Å². The van der Waals surface area contributed by atoms with Crippen LogP contribution in [0.2, 0.25) is 0 Å². The van der Waals surface area contributed by atoms with Crippen LogP contribution in [-0.2, 0) is 6.42 Å². The summed E-state index contributed by atoms with van der Waals surface area (Å²) in [5, 5.41) is 3.21. The van der Waals surface area contributed by atoms with E-state index in [9.17, 15) is 8.78 Å². The first-order chi connectivity index (χ1) is 10.2. The Balaban J connectivity index is 1.85. The molecule has 21 heavy (non-hydrogen) atoms. The molecule has 0 fully saturated rings. The van der Waals surface area contributed by atoms with Crippen LogP contribution in [0.4, 0.5) is 8.78 Å². The van der Waals surface area contributed by atoms with Gasteiger partial charge in [0.2, 0.25) is 0 Å². The zero-order chi connectivity index (χ0) is 14.8. The highest BCUT2D eigenvalue weighted by molar-refractivity contribution is 5.41. The number of benzene rings is 2. The summed E-state index contributed by atoms with van der Waals surface area (Å²) in [6.45, 7) is 0.557. The first kappa shape index (κ1) is 14.0. The van der Waals surface area contributed by atoms with Crippen molar-refractivity contribution in [2.75, 3.05) is 13.7 Å². The van der Waals surface area contributed by atoms with Gasteiger partial charge in [-0.25, -0.2) is 8.78 Å². The van der Waals surface area contributed by atoms with Crippen LogP contribution < -0.4 is 10.1 Å². The van der Waals surface area contributed by atoms with Crippen molar-refractivity contribution in [3.63, 3.8) is 0 Å². The fourth-order valence-electron chi connectivity index (χ4n) is 2.91. The molecule has 0 amide bonds. The van der Waals surface area contributed by atoms with Crippen LogP contribution in [-0.4, -0.2) is 19.7 Å². The van der Waals surface area contributed by atoms with Gasteiger partial charge in [-0.15, -0.1) is 0 Å². The molecule has 2 aromatic rings. The molecule has 0 saturated heterocycles. The number of rotatable bonds is 4. The predicted octanol–water partition coefficient (Wildman–Crippen LogP) is 3.27. The summed E-state index contributed by atoms with van der Waals surface area (Å²) in [7, 11) is 1.84. The van der Waals surface area contributed by atoms with Crippen LogP contribution >= 0.6 is 0 Å². The van der Waals surface area contributed by atoms with Crippen LogP contribution in [0.3, 0.4) is 0 Å². The molecule has 0 spiro atoms. The first-order valence-corrected chi connectivity index (χ1v) is 7.02. The van der Waals surface area contributed by atoms with Gasteiger partial charge >= 0.3 is 0 Å². The monoisotopic (exact) mass is 289 g/mol. The highest BCUT2D eigenvalue weighted by Crippen LogP contribution is 2.36. The molecule has 1 N–H and O–H groups in total. The van der Waals surface area contributed by atoms with E-state index in [2.05, 4.69) is 5.32 Å². The summed E-state index contributed by atoms with van der Waals surface area (Å²) in [5.41, 5.74) is 1.51. The number of halogens is 2. The normalized spacial score (nSPS) is 18.1. The fraction of sp³-hybridized carbons (Fsp3) is 0.294. The summed E-state index contributed by atoms with van der Waals surface area (Å²) in [5.74, 6) is -0.549. The third kappa shape index (κ3) is 2.63. The average molecular weight is 289 g/mol. The summed E-state index contributed by atoms with van der Waals surface area (Å²) >= 11 is 0. The predicted molar refractivity (Wildman–Crippen MR) is 77.6 cm³/mol. The van der Waals surface area contributed by atoms with Crippen LogP contribution in [0.25, 0.3) is 0 Å². The van der Waals surface area contributed by atoms with Crippen molar-refractivity contribution in [1.82, 2.24) is 5.32 Å². The van der Waals surface area contributed by atoms with E-state index in [1.807, 2.05) is 31.3 Å². The molecule has 1 heterocycles. The third-order valence-corrected chi connectivity index (χ3v) is 4.06. The van der Waals surface area contributed by atoms with E-state index in [1.165, 1.54) is 0 Å². The summed E-state index contributed by atoms with van der Waals surface area (Å²) in [6, 6.07) is 12.2. The fourth-order valence-corrected chi connectivity index (χ4v) is 2.91. The number of para-hydroxylation sites is 1. The Kier molecular flexibility index (Phi) is 3.88. The van der Waals surface area contributed by atoms with E-state index in [1.54, 1.807) is 12.1 Å². The van der Waals surface area contributed by atoms with Crippen molar-refractivity contribution < 1.29 is 13.5 Å². The van der Waals surface area contributed by atoms with Gasteiger partial charge in [-0.1, -0.05) is 30.3 Å². The van der Waals surface area contributed by atoms with E-state index < -0.39 is 11.6 Å². The molecule has 2 atom stereocenters. The molecular formula is C17H17F2NO. The molecule has 2 nitrogen and oxygen atoms in total. The Labute approximate surface area is 122 Å². The van der Waals surface area contributed by atoms with Crippen molar-refractivity contribution in [1.29, 1.82) is 0 Å². The molecule has 4 heteroatoms. The van der Waals surface area contributed by atoms with Crippen LogP contribution in [0.5, 0.6) is 5.75 Å². The largest absolute Gasteiger partial charge is 0.493 e. The van der Waals surface area contributed by atoms with E-state index in [-0.39, 0.29) is 12.0 Å². The maximum atomic E-state index is 13.8. The number of fused-ring (bicyclic) bond motifs is 1. The van der Waals surface area contributed by atoms with E-state index in [0.717, 1.165) is 17.4 Å². The van der Waals surface area contributed by atoms with E-state index in [4.69, 9.17) is 4.74 Å². The minimum Gasteiger partial charge on any atom is -0.493 e. The van der Waals surface area contributed by atoms with Crippen LogP contribution in [0.15, 0.2) is 42.5 Å². The van der Waals surface area contributed by atoms with E-state index >= 15 is 0 Å². The first-order valence-electron chi connectivity index (χ1n) is 7.02. The summed E-state index contributed by atoms with van der Waals surface area (Å²) < 4.78 is 32.9. The van der Waals surface area contributed by atoms with Crippen molar-refractivity contribution >= 4 is 0 Å². The lowest BCUT2D eigenvalue weighted by Crippen LogP contribution is -2.35. The zero-order valence-corrected chi connectivity index (χ0v) is 11.8. The SMILES string of the molecule is CNC(Cc1cccc(F)c1F)C1COc2ccccc21. The molecule has 0 aliphatic carbocycles. The molecule has 0 bridgehead atoms. The number of ether oxygens (including phenoxy) is 1. The van der Waals surface area contributed by atoms with Crippen molar-refractivity contribution in [2.24, 2.45) is 0 Å². The van der Waals surface area contributed by atoms with Gasteiger partial charge < -0.3 is 10.1 Å². The standard InChI is InChI=1S/C17H17F2NO/c1-20-15(9-11-5-4-7-14(18)17(11)19)13-10-21-16-8-3-2-6-12(13)16/h2-8,13,15,20H,9-10H2,1H3. The number of nitrogens with one attached hydrogen (secondary N) is 1. The number of likely N-dealkylation sites (N-methyl/N-ethyl adjacent to an activating group) is 1. The Morgan fingerprint density at radius 3 is 2.81 bits per heavy atom. The maximum absolute atomic E-state index is 13.8. The van der Waals surface area contributed by atoms with Crippen LogP contribution in [0.1, 0.15) is 17.0 Å². The van der Waals surface area contributed by atoms with Gasteiger partial charge in [-0.3, -0.25) is 0 Å². The van der Waals surface area contributed by atoms with Gasteiger partial charge in [0.15, 0.2) is 11.6 Å². The topological polar surface area (TPSA) is 21.3 Å². The molecule has 1 aliphatic heterocycles. The second kappa shape index (κ2) is 5.82. The Morgan fingerprint density at radius 2 is 2.00 bits per heavy atom. The quantitative estimate of drug-likeness (QED) is 0.932. The van der Waals surface area contributed by atoms with Crippen molar-refractivity contribution in [3.8, 4) is 5.75 Å². The number of hydrogen-bond acceptors (Lipinski definition) is 2. The minimum atomic E-state index is -0.801. The molecule has 0 saturated carbocycles. The molecule has 110 valence electrons. The Hall–Kier alpha value is -1.94. The van der Waals surface area contributed by atoms with Gasteiger partial charge in [0.1, 0.15) is 5.75 Å². The molecular weight excluding hydrogens is 272 g/mol. The highest BCUT2D eigenvalue weighted by atomic mass is 19.2. The van der Waals surface area contributed by atoms with Crippen molar-refractivity contribution in [3.05, 3.63) is 65.2 Å². The number of hydrogen-bond donors (Lipinski definition) is 1. The lowest BCUT2D eigenvalue weighted by atomic mass is 9.89. The van der Waals surface area contributed by atoms with Crippen molar-refractivity contribution in [2.45, 2.75) is 18.4 Å². The lowest BCUT2D eigenvalue weighted by Gasteiger charge is -2.22. The van der Waals surface area contributed by atoms with Gasteiger partial charge in [-0.2, -0.15) is 0 Å². The van der Waals surface area contributed by atoms with Gasteiger partial charge in [0, 0.05) is 17.5 Å². The molecule has 3 rings (SSSR count). The Morgan fingerprint density at radius 1 is 1.19 bits per heavy atom. The summed E-state index contributed by atoms with van der Waals surface area (Å²) in [4.78, 5) is 0. The van der Waals surface area contributed by atoms with Gasteiger partial charge in [0.25, 0.3) is 0 Å². The smallest absolute Gasteiger partial charge is 0.162 e. The third-order valence-electron chi connectivity index (χ3n) is 4.06. The zero-order valence-electron chi connectivity index (χ0n) is 11.8. The highest BCUT2D eigenvalue weighted by Gasteiger charge is 2.31. The van der Waals surface area contributed by atoms with Gasteiger partial charge in [0.05, 0.1) is 6.61 Å². The second-order valence-electron chi connectivity index (χ2n) is 5.27. The maximum Gasteiger partial charge on any atom is 0.162 e. The minimum absolute atomic E-state index is 0.00931. The Bertz CT molecular complexity index is 644. The second-order valence-corrected chi connectivity index (χ2v) is 5.27. The molecule has 0 radical (unpaired) electrons. The molecule has 2 unspecified atom stereocenters. The lowest BCUT2D eigenvalue weighted by molar-refractivity contribution is 0.301. The molecule has 2 aromatic carbocycles. The average Bonchev–Trinajstić information content (AvgIpc) is 2.93. The van der Waals surface area contributed by atoms with E-state index in [0.29, 0.717) is 18.6 Å².